The number of methoxy groups -OCH3 is 1. The summed E-state index contributed by atoms with van der Waals surface area (Å²) in [6.07, 6.45) is 0.489. The highest BCUT2D eigenvalue weighted by molar-refractivity contribution is 6.30. The molecule has 0 atom stereocenters. The number of ether oxygens (including phenoxy) is 1. The van der Waals surface area contributed by atoms with Crippen molar-refractivity contribution in [3.05, 3.63) is 65.0 Å². The van der Waals surface area contributed by atoms with Gasteiger partial charge in [0, 0.05) is 35.4 Å². The molecule has 0 aliphatic heterocycles. The zero-order valence-electron chi connectivity index (χ0n) is 14.9. The summed E-state index contributed by atoms with van der Waals surface area (Å²) in [4.78, 5) is 8.67. The largest absolute Gasteiger partial charge is 0.380 e. The van der Waals surface area contributed by atoms with Crippen LogP contribution in [0, 0.1) is 0 Å². The number of hydrogen-bond donors (Lipinski definition) is 2. The monoisotopic (exact) mass is 385 g/mol. The topological polar surface area (TPSA) is 98.6 Å². The van der Waals surface area contributed by atoms with Crippen molar-refractivity contribution in [3.8, 4) is 11.4 Å². The predicted octanol–water partition coefficient (Wildman–Crippen LogP) is 3.51. The van der Waals surface area contributed by atoms with Crippen molar-refractivity contribution in [2.24, 2.45) is 10.7 Å². The molecule has 0 radical (unpaired) electrons. The van der Waals surface area contributed by atoms with Gasteiger partial charge < -0.3 is 20.3 Å². The zero-order chi connectivity index (χ0) is 19.1. The van der Waals surface area contributed by atoms with Gasteiger partial charge in [-0.25, -0.2) is 0 Å². The lowest BCUT2D eigenvalue weighted by Gasteiger charge is -2.10. The molecule has 3 N–H and O–H groups in total. The molecule has 0 spiro atoms. The van der Waals surface area contributed by atoms with E-state index in [0.29, 0.717) is 42.3 Å². The van der Waals surface area contributed by atoms with Gasteiger partial charge >= 0.3 is 0 Å². The van der Waals surface area contributed by atoms with Crippen molar-refractivity contribution in [2.45, 2.75) is 13.0 Å². The maximum absolute atomic E-state index is 5.96. The molecule has 3 rings (SSSR count). The average molecular weight is 386 g/mol. The van der Waals surface area contributed by atoms with Crippen LogP contribution in [0.2, 0.25) is 5.02 Å². The van der Waals surface area contributed by atoms with Gasteiger partial charge in [0.05, 0.1) is 13.2 Å². The molecule has 0 saturated carbocycles. The quantitative estimate of drug-likeness (QED) is 0.477. The molecular weight excluding hydrogens is 366 g/mol. The molecule has 0 unspecified atom stereocenters. The number of hydrogen-bond acceptors (Lipinski definition) is 5. The Morgan fingerprint density at radius 3 is 2.78 bits per heavy atom. The van der Waals surface area contributed by atoms with Crippen LogP contribution in [-0.2, 0) is 17.8 Å². The Morgan fingerprint density at radius 1 is 1.22 bits per heavy atom. The number of halogens is 1. The SMILES string of the molecule is COCc1ccccc1NC(N)=NCCc1nc(-c2ccc(Cl)cc2)no1. The lowest BCUT2D eigenvalue weighted by Crippen LogP contribution is -2.23. The number of aliphatic imine (C=N–C) groups is 1. The van der Waals surface area contributed by atoms with E-state index in [1.54, 1.807) is 19.2 Å². The Bertz CT molecular complexity index is 908. The van der Waals surface area contributed by atoms with E-state index in [4.69, 9.17) is 26.6 Å². The van der Waals surface area contributed by atoms with Crippen LogP contribution in [0.4, 0.5) is 5.69 Å². The lowest BCUT2D eigenvalue weighted by molar-refractivity contribution is 0.185. The zero-order valence-corrected chi connectivity index (χ0v) is 15.6. The van der Waals surface area contributed by atoms with Crippen molar-refractivity contribution in [3.63, 3.8) is 0 Å². The first-order chi connectivity index (χ1) is 13.2. The van der Waals surface area contributed by atoms with Crippen LogP contribution < -0.4 is 11.1 Å². The summed E-state index contributed by atoms with van der Waals surface area (Å²) >= 11 is 5.88. The Labute approximate surface area is 162 Å². The van der Waals surface area contributed by atoms with Crippen LogP contribution in [0.3, 0.4) is 0 Å². The van der Waals surface area contributed by atoms with Gasteiger partial charge in [0.2, 0.25) is 11.7 Å². The summed E-state index contributed by atoms with van der Waals surface area (Å²) in [5, 5.41) is 7.72. The molecular formula is C19H20ClN5O2. The highest BCUT2D eigenvalue weighted by Crippen LogP contribution is 2.19. The predicted molar refractivity (Wildman–Crippen MR) is 106 cm³/mol. The molecule has 7 nitrogen and oxygen atoms in total. The van der Waals surface area contributed by atoms with Crippen LogP contribution in [0.15, 0.2) is 58.0 Å². The van der Waals surface area contributed by atoms with Crippen LogP contribution in [0.1, 0.15) is 11.5 Å². The van der Waals surface area contributed by atoms with E-state index < -0.39 is 0 Å². The van der Waals surface area contributed by atoms with Gasteiger partial charge in [0.1, 0.15) is 0 Å². The van der Waals surface area contributed by atoms with Crippen molar-refractivity contribution in [1.82, 2.24) is 10.1 Å². The highest BCUT2D eigenvalue weighted by Gasteiger charge is 2.08. The van der Waals surface area contributed by atoms with Crippen LogP contribution in [-0.4, -0.2) is 29.8 Å². The smallest absolute Gasteiger partial charge is 0.228 e. The summed E-state index contributed by atoms with van der Waals surface area (Å²) in [6, 6.07) is 15.0. The van der Waals surface area contributed by atoms with Crippen molar-refractivity contribution in [2.75, 3.05) is 19.0 Å². The second-order valence-electron chi connectivity index (χ2n) is 5.75. The van der Waals surface area contributed by atoms with E-state index in [0.717, 1.165) is 16.8 Å². The molecule has 140 valence electrons. The van der Waals surface area contributed by atoms with Crippen LogP contribution in [0.5, 0.6) is 0 Å². The maximum atomic E-state index is 5.96. The minimum absolute atomic E-state index is 0.316. The minimum Gasteiger partial charge on any atom is -0.380 e. The number of rotatable bonds is 7. The Hall–Kier alpha value is -2.90. The third-order valence-electron chi connectivity index (χ3n) is 3.76. The van der Waals surface area contributed by atoms with Gasteiger partial charge in [0.15, 0.2) is 5.96 Å². The van der Waals surface area contributed by atoms with Crippen molar-refractivity contribution in [1.29, 1.82) is 0 Å². The average Bonchev–Trinajstić information content (AvgIpc) is 3.13. The van der Waals surface area contributed by atoms with Crippen LogP contribution >= 0.6 is 11.6 Å². The van der Waals surface area contributed by atoms with Crippen molar-refractivity contribution < 1.29 is 9.26 Å². The first kappa shape index (κ1) is 18.9. The number of nitrogens with two attached hydrogens (primary N) is 1. The number of nitrogens with zero attached hydrogens (tertiary/aromatic N) is 3. The molecule has 1 heterocycles. The number of benzene rings is 2. The maximum Gasteiger partial charge on any atom is 0.228 e. The second kappa shape index (κ2) is 9.16. The van der Waals surface area contributed by atoms with Gasteiger partial charge in [-0.3, -0.25) is 4.99 Å². The molecule has 0 bridgehead atoms. The van der Waals surface area contributed by atoms with E-state index in [2.05, 4.69) is 20.4 Å². The van der Waals surface area contributed by atoms with Gasteiger partial charge in [-0.2, -0.15) is 4.98 Å². The molecule has 0 aliphatic rings. The summed E-state index contributed by atoms with van der Waals surface area (Å²) in [7, 11) is 1.65. The number of anilines is 1. The van der Waals surface area contributed by atoms with E-state index in [1.165, 1.54) is 0 Å². The van der Waals surface area contributed by atoms with Gasteiger partial charge in [-0.1, -0.05) is 35.0 Å². The van der Waals surface area contributed by atoms with Gasteiger partial charge in [-0.05, 0) is 30.3 Å². The Balaban J connectivity index is 1.57. The third kappa shape index (κ3) is 5.29. The summed E-state index contributed by atoms with van der Waals surface area (Å²) in [5.74, 6) is 1.33. The Morgan fingerprint density at radius 2 is 2.00 bits per heavy atom. The number of nitrogens with one attached hydrogen (secondary N) is 1. The van der Waals surface area contributed by atoms with Gasteiger partial charge in [-0.15, -0.1) is 0 Å². The Kier molecular flexibility index (Phi) is 6.40. The lowest BCUT2D eigenvalue weighted by atomic mass is 10.2. The second-order valence-corrected chi connectivity index (χ2v) is 6.19. The fourth-order valence-corrected chi connectivity index (χ4v) is 2.57. The van der Waals surface area contributed by atoms with Crippen molar-refractivity contribution >= 4 is 23.2 Å². The highest BCUT2D eigenvalue weighted by atomic mass is 35.5. The first-order valence-electron chi connectivity index (χ1n) is 8.38. The molecule has 0 saturated heterocycles. The molecule has 8 heteroatoms. The number of aromatic nitrogens is 2. The normalized spacial score (nSPS) is 11.6. The minimum atomic E-state index is 0.316. The van der Waals surface area contributed by atoms with E-state index in [1.807, 2.05) is 36.4 Å². The summed E-state index contributed by atoms with van der Waals surface area (Å²) in [5.41, 5.74) is 8.67. The molecule has 0 amide bonds. The molecule has 27 heavy (non-hydrogen) atoms. The molecule has 0 fully saturated rings. The number of guanidine groups is 1. The first-order valence-corrected chi connectivity index (χ1v) is 8.76. The standard InChI is InChI=1S/C19H20ClN5O2/c1-26-12-14-4-2-3-5-16(14)23-19(21)22-11-10-17-24-18(25-27-17)13-6-8-15(20)9-7-13/h2-9H,10-12H2,1H3,(H3,21,22,23). The molecule has 1 aromatic heterocycles. The molecule has 2 aromatic carbocycles. The number of para-hydroxylation sites is 1. The molecule has 0 aliphatic carbocycles. The fourth-order valence-electron chi connectivity index (χ4n) is 2.45. The third-order valence-corrected chi connectivity index (χ3v) is 4.01. The summed E-state index contributed by atoms with van der Waals surface area (Å²) < 4.78 is 10.4. The van der Waals surface area contributed by atoms with E-state index in [9.17, 15) is 0 Å². The summed E-state index contributed by atoms with van der Waals surface area (Å²) in [6.45, 7) is 0.916. The van der Waals surface area contributed by atoms with Crippen LogP contribution in [0.25, 0.3) is 11.4 Å². The van der Waals surface area contributed by atoms with Gasteiger partial charge in [0.25, 0.3) is 0 Å². The van der Waals surface area contributed by atoms with E-state index >= 15 is 0 Å². The van der Waals surface area contributed by atoms with E-state index in [-0.39, 0.29) is 0 Å². The molecule has 3 aromatic rings. The fraction of sp³-hybridized carbons (Fsp3) is 0.211.